The molecule has 0 saturated carbocycles. The minimum atomic E-state index is 0. The van der Waals surface area contributed by atoms with Gasteiger partial charge in [0.25, 0.3) is 0 Å². The summed E-state index contributed by atoms with van der Waals surface area (Å²) in [5, 5.41) is 6.64. The van der Waals surface area contributed by atoms with Gasteiger partial charge in [-0.2, -0.15) is 0 Å². The van der Waals surface area contributed by atoms with Crippen LogP contribution >= 0.6 is 24.0 Å². The predicted molar refractivity (Wildman–Crippen MR) is 129 cm³/mol. The van der Waals surface area contributed by atoms with Crippen molar-refractivity contribution < 1.29 is 9.47 Å². The Labute approximate surface area is 191 Å². The smallest absolute Gasteiger partial charge is 0.213 e. The standard InChI is InChI=1S/C22H32N4O2.HI/c1-22(2,3)19(27-5)15-26-21(23-4)25-14-18-11-12-24-20(13-18)28-16-17-9-7-6-8-10-17;/h6-13,19H,14-16H2,1-5H3,(H2,23,25,26);1H. The van der Waals surface area contributed by atoms with Gasteiger partial charge in [-0.1, -0.05) is 51.1 Å². The molecule has 160 valence electrons. The molecule has 6 nitrogen and oxygen atoms in total. The molecule has 2 N–H and O–H groups in total. The van der Waals surface area contributed by atoms with E-state index in [1.54, 1.807) is 20.4 Å². The highest BCUT2D eigenvalue weighted by Crippen LogP contribution is 2.20. The van der Waals surface area contributed by atoms with Crippen molar-refractivity contribution in [3.63, 3.8) is 0 Å². The molecular weight excluding hydrogens is 479 g/mol. The van der Waals surface area contributed by atoms with Crippen LogP contribution in [0.5, 0.6) is 5.88 Å². The van der Waals surface area contributed by atoms with Gasteiger partial charge in [-0.05, 0) is 22.6 Å². The average Bonchev–Trinajstić information content (AvgIpc) is 2.69. The van der Waals surface area contributed by atoms with Crippen molar-refractivity contribution in [1.82, 2.24) is 15.6 Å². The van der Waals surface area contributed by atoms with Gasteiger partial charge >= 0.3 is 0 Å². The molecular formula is C22H33IN4O2. The van der Waals surface area contributed by atoms with Crippen LogP contribution in [0.3, 0.4) is 0 Å². The minimum Gasteiger partial charge on any atom is -0.473 e. The van der Waals surface area contributed by atoms with E-state index < -0.39 is 0 Å². The minimum absolute atomic E-state index is 0. The number of rotatable bonds is 8. The van der Waals surface area contributed by atoms with Gasteiger partial charge in [0, 0.05) is 39.5 Å². The molecule has 1 aromatic carbocycles. The lowest BCUT2D eigenvalue weighted by atomic mass is 9.89. The summed E-state index contributed by atoms with van der Waals surface area (Å²) in [6.07, 6.45) is 1.85. The Hall–Kier alpha value is -1.87. The number of methoxy groups -OCH3 is 1. The summed E-state index contributed by atoms with van der Waals surface area (Å²) >= 11 is 0. The van der Waals surface area contributed by atoms with E-state index in [0.717, 1.165) is 17.1 Å². The Morgan fingerprint density at radius 2 is 1.83 bits per heavy atom. The first kappa shape index (κ1) is 25.2. The molecule has 1 unspecified atom stereocenters. The van der Waals surface area contributed by atoms with E-state index in [-0.39, 0.29) is 35.5 Å². The molecule has 2 rings (SSSR count). The summed E-state index contributed by atoms with van der Waals surface area (Å²) < 4.78 is 11.4. The topological polar surface area (TPSA) is 67.8 Å². The van der Waals surface area contributed by atoms with E-state index >= 15 is 0 Å². The number of ether oxygens (including phenoxy) is 2. The van der Waals surface area contributed by atoms with E-state index in [2.05, 4.69) is 41.4 Å². The summed E-state index contributed by atoms with van der Waals surface area (Å²) in [6, 6.07) is 14.0. The molecule has 0 spiro atoms. The second-order valence-electron chi connectivity index (χ2n) is 7.67. The monoisotopic (exact) mass is 512 g/mol. The van der Waals surface area contributed by atoms with Crippen molar-refractivity contribution in [3.05, 3.63) is 59.8 Å². The maximum Gasteiger partial charge on any atom is 0.213 e. The summed E-state index contributed by atoms with van der Waals surface area (Å²) in [6.45, 7) is 8.28. The SMILES string of the molecule is CN=C(NCc1ccnc(OCc2ccccc2)c1)NCC(OC)C(C)(C)C.I. The third-order valence-electron chi connectivity index (χ3n) is 4.42. The lowest BCUT2D eigenvalue weighted by Crippen LogP contribution is -2.45. The fourth-order valence-corrected chi connectivity index (χ4v) is 2.71. The first-order valence-electron chi connectivity index (χ1n) is 9.51. The molecule has 0 radical (unpaired) electrons. The highest BCUT2D eigenvalue weighted by Gasteiger charge is 2.24. The molecule has 2 aromatic rings. The fourth-order valence-electron chi connectivity index (χ4n) is 2.71. The van der Waals surface area contributed by atoms with E-state index in [4.69, 9.17) is 9.47 Å². The normalized spacial score (nSPS) is 12.7. The Morgan fingerprint density at radius 3 is 2.45 bits per heavy atom. The zero-order valence-corrected chi connectivity index (χ0v) is 20.3. The average molecular weight is 512 g/mol. The molecule has 1 aromatic heterocycles. The van der Waals surface area contributed by atoms with Crippen LogP contribution in [0.25, 0.3) is 0 Å². The summed E-state index contributed by atoms with van der Waals surface area (Å²) in [5.74, 6) is 1.34. The quantitative estimate of drug-likeness (QED) is 0.318. The van der Waals surface area contributed by atoms with Crippen molar-refractivity contribution in [2.75, 3.05) is 20.7 Å². The molecule has 0 saturated heterocycles. The van der Waals surface area contributed by atoms with Crippen LogP contribution in [0.2, 0.25) is 0 Å². The van der Waals surface area contributed by atoms with Crippen molar-refractivity contribution in [2.45, 2.75) is 40.0 Å². The molecule has 0 aliphatic heterocycles. The number of halogens is 1. The Morgan fingerprint density at radius 1 is 1.10 bits per heavy atom. The molecule has 0 bridgehead atoms. The fraction of sp³-hybridized carbons (Fsp3) is 0.455. The molecule has 7 heteroatoms. The van der Waals surface area contributed by atoms with Crippen LogP contribution in [0.15, 0.2) is 53.7 Å². The zero-order valence-electron chi connectivity index (χ0n) is 17.9. The van der Waals surface area contributed by atoms with Crippen LogP contribution in [-0.4, -0.2) is 37.7 Å². The Kier molecular flexibility index (Phi) is 11.0. The van der Waals surface area contributed by atoms with Crippen LogP contribution in [0.4, 0.5) is 0 Å². The summed E-state index contributed by atoms with van der Waals surface area (Å²) in [7, 11) is 3.50. The number of pyridine rings is 1. The van der Waals surface area contributed by atoms with Gasteiger partial charge in [-0.15, -0.1) is 24.0 Å². The van der Waals surface area contributed by atoms with Crippen LogP contribution in [0, 0.1) is 5.41 Å². The molecule has 0 amide bonds. The van der Waals surface area contributed by atoms with Crippen molar-refractivity contribution >= 4 is 29.9 Å². The second kappa shape index (κ2) is 12.6. The van der Waals surface area contributed by atoms with Gasteiger partial charge in [0.05, 0.1) is 6.10 Å². The van der Waals surface area contributed by atoms with Crippen LogP contribution < -0.4 is 15.4 Å². The predicted octanol–water partition coefficient (Wildman–Crippen LogP) is 4.00. The molecule has 29 heavy (non-hydrogen) atoms. The number of aliphatic imine (C=N–C) groups is 1. The van der Waals surface area contributed by atoms with E-state index in [1.807, 2.05) is 42.5 Å². The number of hydrogen-bond donors (Lipinski definition) is 2. The van der Waals surface area contributed by atoms with Crippen molar-refractivity contribution in [3.8, 4) is 5.88 Å². The Bertz CT molecular complexity index is 748. The maximum absolute atomic E-state index is 5.80. The second-order valence-corrected chi connectivity index (χ2v) is 7.67. The number of nitrogens with zero attached hydrogens (tertiary/aromatic N) is 2. The van der Waals surface area contributed by atoms with E-state index in [9.17, 15) is 0 Å². The summed E-state index contributed by atoms with van der Waals surface area (Å²) in [5.41, 5.74) is 2.24. The van der Waals surface area contributed by atoms with Gasteiger partial charge in [-0.25, -0.2) is 4.98 Å². The first-order chi connectivity index (χ1) is 13.4. The molecule has 1 atom stereocenters. The zero-order chi connectivity index (χ0) is 20.4. The molecule has 0 aliphatic carbocycles. The number of hydrogen-bond acceptors (Lipinski definition) is 4. The van der Waals surface area contributed by atoms with E-state index in [1.165, 1.54) is 0 Å². The van der Waals surface area contributed by atoms with Crippen molar-refractivity contribution in [1.29, 1.82) is 0 Å². The maximum atomic E-state index is 5.80. The highest BCUT2D eigenvalue weighted by molar-refractivity contribution is 14.0. The lowest BCUT2D eigenvalue weighted by Gasteiger charge is -2.30. The summed E-state index contributed by atoms with van der Waals surface area (Å²) in [4.78, 5) is 8.57. The third kappa shape index (κ3) is 8.99. The number of aromatic nitrogens is 1. The van der Waals surface area contributed by atoms with E-state index in [0.29, 0.717) is 25.6 Å². The van der Waals surface area contributed by atoms with Crippen molar-refractivity contribution in [2.24, 2.45) is 10.4 Å². The van der Waals surface area contributed by atoms with Gasteiger partial charge in [0.15, 0.2) is 5.96 Å². The van der Waals surface area contributed by atoms with Gasteiger partial charge in [0.2, 0.25) is 5.88 Å². The number of guanidine groups is 1. The Balaban J connectivity index is 0.00000420. The largest absolute Gasteiger partial charge is 0.473 e. The third-order valence-corrected chi connectivity index (χ3v) is 4.42. The highest BCUT2D eigenvalue weighted by atomic mass is 127. The molecule has 1 heterocycles. The molecule has 0 aliphatic rings. The lowest BCUT2D eigenvalue weighted by molar-refractivity contribution is 0.0205. The first-order valence-corrected chi connectivity index (χ1v) is 9.51. The van der Waals surface area contributed by atoms with Crippen LogP contribution in [-0.2, 0) is 17.9 Å². The van der Waals surface area contributed by atoms with Gasteiger partial charge < -0.3 is 20.1 Å². The van der Waals surface area contributed by atoms with Gasteiger partial charge in [-0.3, -0.25) is 4.99 Å². The van der Waals surface area contributed by atoms with Gasteiger partial charge in [0.1, 0.15) is 6.61 Å². The molecule has 0 fully saturated rings. The number of benzene rings is 1. The van der Waals surface area contributed by atoms with Crippen LogP contribution in [0.1, 0.15) is 31.9 Å². The number of nitrogens with one attached hydrogen (secondary N) is 2.